The molecule has 0 aliphatic heterocycles. The van der Waals surface area contributed by atoms with Crippen LogP contribution in [0.25, 0.3) is 27.8 Å². The van der Waals surface area contributed by atoms with Crippen LogP contribution in [0.1, 0.15) is 21.7 Å². The summed E-state index contributed by atoms with van der Waals surface area (Å²) in [5.74, 6) is -0.517. The van der Waals surface area contributed by atoms with Crippen molar-refractivity contribution >= 4 is 28.0 Å². The summed E-state index contributed by atoms with van der Waals surface area (Å²) in [7, 11) is 0. The minimum atomic E-state index is -0.517. The van der Waals surface area contributed by atoms with Crippen molar-refractivity contribution in [3.05, 3.63) is 59.5 Å². The zero-order valence-corrected chi connectivity index (χ0v) is 12.8. The molecule has 2 N–H and O–H groups in total. The van der Waals surface area contributed by atoms with E-state index in [1.165, 1.54) is 0 Å². The lowest BCUT2D eigenvalue weighted by Gasteiger charge is -2.13. The lowest BCUT2D eigenvalue weighted by Crippen LogP contribution is -2.16. The average molecular weight is 305 g/mol. The van der Waals surface area contributed by atoms with Crippen molar-refractivity contribution in [3.8, 4) is 5.69 Å². The van der Waals surface area contributed by atoms with E-state index in [-0.39, 0.29) is 0 Å². The van der Waals surface area contributed by atoms with Crippen molar-refractivity contribution in [1.29, 1.82) is 0 Å². The first-order valence-electron chi connectivity index (χ1n) is 7.33. The zero-order chi connectivity index (χ0) is 16.1. The van der Waals surface area contributed by atoms with E-state index in [9.17, 15) is 4.79 Å². The minimum Gasteiger partial charge on any atom is -0.453 e. The maximum absolute atomic E-state index is 12.2. The first-order valence-corrected chi connectivity index (χ1v) is 7.33. The molecule has 0 unspecified atom stereocenters. The van der Waals surface area contributed by atoms with Gasteiger partial charge in [-0.25, -0.2) is 0 Å². The number of hydrogen-bond acceptors (Lipinski definition) is 3. The quantitative estimate of drug-likeness (QED) is 0.616. The molecule has 1 aromatic carbocycles. The van der Waals surface area contributed by atoms with Crippen molar-refractivity contribution in [3.63, 3.8) is 0 Å². The van der Waals surface area contributed by atoms with Gasteiger partial charge in [-0.3, -0.25) is 9.78 Å². The average Bonchev–Trinajstić information content (AvgIpc) is 3.06. The van der Waals surface area contributed by atoms with Gasteiger partial charge in [-0.2, -0.15) is 0 Å². The number of nitrogens with zero attached hydrogens (tertiary/aromatic N) is 2. The Morgan fingerprint density at radius 3 is 2.57 bits per heavy atom. The van der Waals surface area contributed by atoms with Gasteiger partial charge < -0.3 is 14.7 Å². The molecule has 5 nitrogen and oxygen atoms in total. The van der Waals surface area contributed by atoms with Gasteiger partial charge >= 0.3 is 0 Å². The highest BCUT2D eigenvalue weighted by Gasteiger charge is 2.21. The van der Waals surface area contributed by atoms with Gasteiger partial charge in [-0.05, 0) is 50.2 Å². The lowest BCUT2D eigenvalue weighted by atomic mass is 10.1. The van der Waals surface area contributed by atoms with Crippen LogP contribution in [0.2, 0.25) is 0 Å². The summed E-state index contributed by atoms with van der Waals surface area (Å²) in [5.41, 5.74) is 10.7. The third kappa shape index (κ3) is 1.86. The van der Waals surface area contributed by atoms with Crippen LogP contribution >= 0.6 is 0 Å². The van der Waals surface area contributed by atoms with Gasteiger partial charge in [0.1, 0.15) is 11.1 Å². The fourth-order valence-electron chi connectivity index (χ4n) is 3.12. The molecule has 4 rings (SSSR count). The van der Waals surface area contributed by atoms with Gasteiger partial charge in [0.2, 0.25) is 0 Å². The normalized spacial score (nSPS) is 11.4. The fourth-order valence-corrected chi connectivity index (χ4v) is 3.12. The number of furan rings is 1. The minimum absolute atomic E-state index is 0.378. The molecule has 0 radical (unpaired) electrons. The Hall–Kier alpha value is -3.08. The molecule has 23 heavy (non-hydrogen) atoms. The van der Waals surface area contributed by atoms with Gasteiger partial charge in [0.05, 0.1) is 5.69 Å². The van der Waals surface area contributed by atoms with Crippen LogP contribution in [0.15, 0.2) is 47.0 Å². The van der Waals surface area contributed by atoms with E-state index in [1.54, 1.807) is 12.3 Å². The van der Waals surface area contributed by atoms with Crippen LogP contribution in [0.4, 0.5) is 0 Å². The predicted molar refractivity (Wildman–Crippen MR) is 88.8 cm³/mol. The van der Waals surface area contributed by atoms with Crippen LogP contribution in [-0.2, 0) is 0 Å². The molecule has 0 saturated carbocycles. The molecule has 0 spiro atoms. The number of benzene rings is 1. The first-order chi connectivity index (χ1) is 11.1. The van der Waals surface area contributed by atoms with E-state index in [0.717, 1.165) is 28.0 Å². The van der Waals surface area contributed by atoms with Gasteiger partial charge in [0.25, 0.3) is 5.91 Å². The molecule has 0 fully saturated rings. The standard InChI is InChI=1S/C18H15N3O2/c1-10-5-6-11(2)21(10)13-8-7-12-16-14(4-3-9-20-16)23-17(12)15(13)18(19)22/h3-9H,1-2H3,(H2,19,22). The molecule has 0 atom stereocenters. The third-order valence-electron chi connectivity index (χ3n) is 4.13. The number of amides is 1. The van der Waals surface area contributed by atoms with Gasteiger partial charge in [0.15, 0.2) is 11.2 Å². The van der Waals surface area contributed by atoms with E-state index < -0.39 is 5.91 Å². The Kier molecular flexibility index (Phi) is 2.78. The highest BCUT2D eigenvalue weighted by atomic mass is 16.3. The maximum atomic E-state index is 12.2. The predicted octanol–water partition coefficient (Wildman–Crippen LogP) is 3.49. The molecule has 0 bridgehead atoms. The maximum Gasteiger partial charge on any atom is 0.254 e. The Bertz CT molecular complexity index is 1050. The zero-order valence-electron chi connectivity index (χ0n) is 12.8. The fraction of sp³-hybridized carbons (Fsp3) is 0.111. The van der Waals surface area contributed by atoms with Crippen LogP contribution < -0.4 is 5.73 Å². The Labute approximate surface area is 132 Å². The Balaban J connectivity index is 2.16. The van der Waals surface area contributed by atoms with Crippen molar-refractivity contribution in [2.75, 3.05) is 0 Å². The summed E-state index contributed by atoms with van der Waals surface area (Å²) in [6.45, 7) is 3.98. The monoisotopic (exact) mass is 305 g/mol. The Morgan fingerprint density at radius 1 is 1.13 bits per heavy atom. The topological polar surface area (TPSA) is 74.1 Å². The number of pyridine rings is 1. The number of nitrogens with two attached hydrogens (primary N) is 1. The van der Waals surface area contributed by atoms with Gasteiger partial charge in [-0.15, -0.1) is 0 Å². The molecule has 4 aromatic rings. The van der Waals surface area contributed by atoms with E-state index in [1.807, 2.05) is 48.7 Å². The number of rotatable bonds is 2. The highest BCUT2D eigenvalue weighted by molar-refractivity contribution is 6.13. The molecule has 0 saturated heterocycles. The van der Waals surface area contributed by atoms with Crippen LogP contribution in [0, 0.1) is 13.8 Å². The van der Waals surface area contributed by atoms with Crippen molar-refractivity contribution in [2.24, 2.45) is 5.73 Å². The molecular formula is C18H15N3O2. The smallest absolute Gasteiger partial charge is 0.254 e. The SMILES string of the molecule is Cc1ccc(C)n1-c1ccc2c(oc3cccnc32)c1C(N)=O. The second kappa shape index (κ2) is 4.71. The number of fused-ring (bicyclic) bond motifs is 3. The molecule has 3 heterocycles. The first kappa shape index (κ1) is 13.6. The molecule has 3 aromatic heterocycles. The van der Waals surface area contributed by atoms with E-state index in [0.29, 0.717) is 16.7 Å². The molecule has 114 valence electrons. The number of aromatic nitrogens is 2. The molecule has 0 aliphatic carbocycles. The summed E-state index contributed by atoms with van der Waals surface area (Å²) < 4.78 is 7.89. The summed E-state index contributed by atoms with van der Waals surface area (Å²) in [5, 5.41) is 0.792. The molecule has 1 amide bonds. The summed E-state index contributed by atoms with van der Waals surface area (Å²) in [6.07, 6.45) is 1.70. The largest absolute Gasteiger partial charge is 0.453 e. The van der Waals surface area contributed by atoms with Crippen molar-refractivity contribution < 1.29 is 9.21 Å². The summed E-state index contributed by atoms with van der Waals surface area (Å²) >= 11 is 0. The summed E-state index contributed by atoms with van der Waals surface area (Å²) in [6, 6.07) is 11.5. The molecule has 5 heteroatoms. The third-order valence-corrected chi connectivity index (χ3v) is 4.13. The van der Waals surface area contributed by atoms with Crippen LogP contribution in [-0.4, -0.2) is 15.5 Å². The second-order valence-electron chi connectivity index (χ2n) is 5.60. The van der Waals surface area contributed by atoms with Crippen LogP contribution in [0.5, 0.6) is 0 Å². The van der Waals surface area contributed by atoms with E-state index >= 15 is 0 Å². The van der Waals surface area contributed by atoms with Gasteiger partial charge in [0, 0.05) is 23.0 Å². The number of carbonyl (C=O) groups is 1. The van der Waals surface area contributed by atoms with Crippen molar-refractivity contribution in [1.82, 2.24) is 9.55 Å². The van der Waals surface area contributed by atoms with Crippen LogP contribution in [0.3, 0.4) is 0 Å². The Morgan fingerprint density at radius 2 is 1.87 bits per heavy atom. The summed E-state index contributed by atoms with van der Waals surface area (Å²) in [4.78, 5) is 16.5. The number of hydrogen-bond donors (Lipinski definition) is 1. The van der Waals surface area contributed by atoms with Gasteiger partial charge in [-0.1, -0.05) is 0 Å². The number of primary amides is 1. The van der Waals surface area contributed by atoms with Crippen molar-refractivity contribution in [2.45, 2.75) is 13.8 Å². The highest BCUT2D eigenvalue weighted by Crippen LogP contribution is 2.33. The molecule has 0 aliphatic rings. The van der Waals surface area contributed by atoms with E-state index in [2.05, 4.69) is 4.98 Å². The second-order valence-corrected chi connectivity index (χ2v) is 5.60. The molecular weight excluding hydrogens is 290 g/mol. The number of aryl methyl sites for hydroxylation is 2. The number of carbonyl (C=O) groups excluding carboxylic acids is 1. The lowest BCUT2D eigenvalue weighted by molar-refractivity contribution is 0.100. The van der Waals surface area contributed by atoms with E-state index in [4.69, 9.17) is 10.2 Å².